The fraction of sp³-hybridized carbons (Fsp3) is 0.182. The topological polar surface area (TPSA) is 90.3 Å². The summed E-state index contributed by atoms with van der Waals surface area (Å²) >= 11 is 0. The van der Waals surface area contributed by atoms with Gasteiger partial charge in [-0.1, -0.05) is 35.0 Å². The van der Waals surface area contributed by atoms with Gasteiger partial charge in [-0.3, -0.25) is 4.79 Å². The first-order valence-electron chi connectivity index (χ1n) is 4.98. The summed E-state index contributed by atoms with van der Waals surface area (Å²) in [6.07, 6.45) is -0.394. The minimum absolute atomic E-state index is 0.0429. The second kappa shape index (κ2) is 4.65. The SMILES string of the molecule is O=C(O)Cc1c([O-])on[n+]1Cc1ccccc1. The maximum atomic E-state index is 11.3. The molecule has 0 radical (unpaired) electrons. The molecule has 17 heavy (non-hydrogen) atoms. The number of hydrogen-bond donors (Lipinski definition) is 1. The highest BCUT2D eigenvalue weighted by Crippen LogP contribution is 2.08. The van der Waals surface area contributed by atoms with Crippen LogP contribution in [0.3, 0.4) is 0 Å². The fourth-order valence-corrected chi connectivity index (χ4v) is 1.48. The smallest absolute Gasteiger partial charge is 0.314 e. The fourth-order valence-electron chi connectivity index (χ4n) is 1.48. The van der Waals surface area contributed by atoms with E-state index in [1.807, 2.05) is 30.3 Å². The van der Waals surface area contributed by atoms with Crippen LogP contribution in [0.1, 0.15) is 11.3 Å². The van der Waals surface area contributed by atoms with Crippen LogP contribution in [0.2, 0.25) is 0 Å². The Hall–Kier alpha value is -2.37. The lowest BCUT2D eigenvalue weighted by Crippen LogP contribution is -2.41. The van der Waals surface area contributed by atoms with E-state index in [-0.39, 0.29) is 5.69 Å². The van der Waals surface area contributed by atoms with E-state index in [2.05, 4.69) is 9.79 Å². The molecular formula is C11H10N2O4. The van der Waals surface area contributed by atoms with E-state index in [4.69, 9.17) is 5.11 Å². The predicted molar refractivity (Wildman–Crippen MR) is 53.0 cm³/mol. The molecule has 0 spiro atoms. The molecule has 0 aliphatic carbocycles. The van der Waals surface area contributed by atoms with Gasteiger partial charge in [-0.15, -0.1) is 0 Å². The van der Waals surface area contributed by atoms with Gasteiger partial charge in [-0.05, 0) is 0 Å². The quantitative estimate of drug-likeness (QED) is 0.734. The minimum Gasteiger partial charge on any atom is -0.539 e. The van der Waals surface area contributed by atoms with E-state index < -0.39 is 18.3 Å². The highest BCUT2D eigenvalue weighted by Gasteiger charge is 2.20. The second-order valence-electron chi connectivity index (χ2n) is 3.52. The maximum absolute atomic E-state index is 11.3. The van der Waals surface area contributed by atoms with E-state index in [0.29, 0.717) is 6.54 Å². The molecule has 0 amide bonds. The van der Waals surface area contributed by atoms with Gasteiger partial charge in [0.15, 0.2) is 5.95 Å². The summed E-state index contributed by atoms with van der Waals surface area (Å²) in [5.74, 6) is -1.80. The van der Waals surface area contributed by atoms with Crippen LogP contribution < -0.4 is 9.79 Å². The summed E-state index contributed by atoms with van der Waals surface area (Å²) < 4.78 is 5.73. The molecule has 6 heteroatoms. The first-order valence-corrected chi connectivity index (χ1v) is 4.98. The number of aliphatic carboxylic acids is 1. The third kappa shape index (κ3) is 2.60. The molecule has 1 aromatic heterocycles. The monoisotopic (exact) mass is 234 g/mol. The van der Waals surface area contributed by atoms with Gasteiger partial charge in [0, 0.05) is 5.56 Å². The van der Waals surface area contributed by atoms with Gasteiger partial charge in [-0.25, -0.2) is 0 Å². The van der Waals surface area contributed by atoms with Crippen molar-refractivity contribution in [3.8, 4) is 5.95 Å². The third-order valence-electron chi connectivity index (χ3n) is 2.26. The highest BCUT2D eigenvalue weighted by atomic mass is 16.6. The molecule has 0 unspecified atom stereocenters. The molecule has 0 saturated carbocycles. The Balaban J connectivity index is 2.24. The molecule has 88 valence electrons. The zero-order valence-electron chi connectivity index (χ0n) is 8.87. The number of nitrogens with zero attached hydrogens (tertiary/aromatic N) is 2. The molecule has 1 heterocycles. The Bertz CT molecular complexity index is 522. The molecule has 0 bridgehead atoms. The largest absolute Gasteiger partial charge is 0.539 e. The Morgan fingerprint density at radius 2 is 2.12 bits per heavy atom. The lowest BCUT2D eigenvalue weighted by molar-refractivity contribution is -0.760. The van der Waals surface area contributed by atoms with Crippen LogP contribution in [-0.4, -0.2) is 16.3 Å². The van der Waals surface area contributed by atoms with Crippen LogP contribution in [0.15, 0.2) is 34.9 Å². The Morgan fingerprint density at radius 3 is 2.76 bits per heavy atom. The number of carboxylic acid groups (broad SMARTS) is 1. The number of aromatic nitrogens is 2. The van der Waals surface area contributed by atoms with Crippen molar-refractivity contribution in [2.75, 3.05) is 0 Å². The number of hydrogen-bond acceptors (Lipinski definition) is 4. The first kappa shape index (κ1) is 11.1. The molecule has 0 saturated heterocycles. The summed E-state index contributed by atoms with van der Waals surface area (Å²) in [7, 11) is 0. The van der Waals surface area contributed by atoms with Crippen LogP contribution >= 0.6 is 0 Å². The van der Waals surface area contributed by atoms with Crippen molar-refractivity contribution in [3.63, 3.8) is 0 Å². The standard InChI is InChI=1S/C11H10N2O4/c14-10(15)6-9-11(16)17-12-13(9)7-8-4-2-1-3-5-8/h1-5H,6-7H2,(H-,12,14,15,16). The molecule has 0 aliphatic rings. The summed E-state index contributed by atoms with van der Waals surface area (Å²) in [6, 6.07) is 9.29. The zero-order valence-corrected chi connectivity index (χ0v) is 8.87. The molecule has 6 nitrogen and oxygen atoms in total. The second-order valence-corrected chi connectivity index (χ2v) is 3.52. The van der Waals surface area contributed by atoms with E-state index in [0.717, 1.165) is 5.56 Å². The molecule has 2 aromatic rings. The van der Waals surface area contributed by atoms with E-state index >= 15 is 0 Å². The van der Waals surface area contributed by atoms with Gasteiger partial charge in [0.2, 0.25) is 12.2 Å². The Kier molecular flexibility index (Phi) is 3.04. The number of carboxylic acids is 1. The van der Waals surface area contributed by atoms with Gasteiger partial charge in [0.05, 0.1) is 5.27 Å². The molecule has 0 aliphatic heterocycles. The van der Waals surface area contributed by atoms with Crippen molar-refractivity contribution >= 4 is 5.97 Å². The normalized spacial score (nSPS) is 10.4. The van der Waals surface area contributed by atoms with Crippen molar-refractivity contribution in [2.24, 2.45) is 0 Å². The lowest BCUT2D eigenvalue weighted by atomic mass is 10.2. The van der Waals surface area contributed by atoms with Gasteiger partial charge in [0.1, 0.15) is 6.42 Å². The number of rotatable bonds is 4. The van der Waals surface area contributed by atoms with Crippen LogP contribution in [-0.2, 0) is 17.8 Å². The van der Waals surface area contributed by atoms with Gasteiger partial charge >= 0.3 is 5.97 Å². The van der Waals surface area contributed by atoms with E-state index in [1.165, 1.54) is 4.68 Å². The predicted octanol–water partition coefficient (Wildman–Crippen LogP) is -0.289. The summed E-state index contributed by atoms with van der Waals surface area (Å²) in [4.78, 5) is 10.6. The maximum Gasteiger partial charge on any atom is 0.314 e. The molecule has 0 atom stereocenters. The van der Waals surface area contributed by atoms with Crippen LogP contribution in [0.5, 0.6) is 5.95 Å². The van der Waals surface area contributed by atoms with Gasteiger partial charge in [0.25, 0.3) is 0 Å². The summed E-state index contributed by atoms with van der Waals surface area (Å²) in [5, 5.41) is 23.5. The average molecular weight is 234 g/mol. The average Bonchev–Trinajstić information content (AvgIpc) is 2.62. The minimum atomic E-state index is -1.09. The van der Waals surface area contributed by atoms with Crippen molar-refractivity contribution in [1.82, 2.24) is 5.27 Å². The van der Waals surface area contributed by atoms with Crippen LogP contribution in [0.4, 0.5) is 0 Å². The number of benzene rings is 1. The molecular weight excluding hydrogens is 224 g/mol. The first-order chi connectivity index (χ1) is 8.16. The van der Waals surface area contributed by atoms with Crippen LogP contribution in [0.25, 0.3) is 0 Å². The molecule has 1 aromatic carbocycles. The summed E-state index contributed by atoms with van der Waals surface area (Å²) in [6.45, 7) is 0.315. The lowest BCUT2D eigenvalue weighted by Gasteiger charge is -1.96. The van der Waals surface area contributed by atoms with Crippen molar-refractivity contribution in [3.05, 3.63) is 41.6 Å². The van der Waals surface area contributed by atoms with Crippen molar-refractivity contribution < 1.29 is 24.2 Å². The van der Waals surface area contributed by atoms with E-state index in [9.17, 15) is 9.90 Å². The molecule has 0 fully saturated rings. The van der Waals surface area contributed by atoms with Gasteiger partial charge in [-0.2, -0.15) is 0 Å². The number of carbonyl (C=O) groups is 1. The van der Waals surface area contributed by atoms with Crippen LogP contribution in [0, 0.1) is 0 Å². The highest BCUT2D eigenvalue weighted by molar-refractivity contribution is 5.69. The van der Waals surface area contributed by atoms with Gasteiger partial charge < -0.3 is 14.7 Å². The molecule has 1 N–H and O–H groups in total. The van der Waals surface area contributed by atoms with Crippen molar-refractivity contribution in [1.29, 1.82) is 0 Å². The van der Waals surface area contributed by atoms with Crippen molar-refractivity contribution in [2.45, 2.75) is 13.0 Å². The molecule has 2 rings (SSSR count). The Labute approximate surface area is 96.7 Å². The summed E-state index contributed by atoms with van der Waals surface area (Å²) in [5.41, 5.74) is 0.957. The van der Waals surface area contributed by atoms with E-state index in [1.54, 1.807) is 0 Å². The Morgan fingerprint density at radius 1 is 1.41 bits per heavy atom. The zero-order chi connectivity index (χ0) is 12.3. The third-order valence-corrected chi connectivity index (χ3v) is 2.26.